The van der Waals surface area contributed by atoms with Gasteiger partial charge in [-0.25, -0.2) is 4.90 Å². The van der Waals surface area contributed by atoms with Gasteiger partial charge in [0.05, 0.1) is 24.1 Å². The van der Waals surface area contributed by atoms with Crippen molar-refractivity contribution in [2.75, 3.05) is 11.5 Å². The van der Waals surface area contributed by atoms with Gasteiger partial charge in [0, 0.05) is 11.3 Å². The molecule has 2 bridgehead atoms. The zero-order valence-electron chi connectivity index (χ0n) is 17.5. The Balaban J connectivity index is 1.59. The van der Waals surface area contributed by atoms with Crippen LogP contribution < -0.4 is 9.64 Å². The summed E-state index contributed by atoms with van der Waals surface area (Å²) < 4.78 is 5.77. The number of carbonyl (C=O) groups is 2. The van der Waals surface area contributed by atoms with Crippen LogP contribution in [-0.4, -0.2) is 18.4 Å². The highest BCUT2D eigenvalue weighted by atomic mass is 16.5. The Morgan fingerprint density at radius 2 is 1.42 bits per heavy atom. The Morgan fingerprint density at radius 1 is 0.839 bits per heavy atom. The Kier molecular flexibility index (Phi) is 3.73. The van der Waals surface area contributed by atoms with Crippen LogP contribution in [0.4, 0.5) is 5.69 Å². The molecule has 4 heteroatoms. The van der Waals surface area contributed by atoms with E-state index in [0.29, 0.717) is 18.0 Å². The normalized spacial score (nSPS) is 27.7. The average molecular weight is 409 g/mol. The summed E-state index contributed by atoms with van der Waals surface area (Å²) >= 11 is 0. The molecule has 4 aliphatic rings. The van der Waals surface area contributed by atoms with Gasteiger partial charge in [0.15, 0.2) is 0 Å². The molecule has 3 aliphatic carbocycles. The molecule has 3 aromatic carbocycles. The van der Waals surface area contributed by atoms with E-state index in [-0.39, 0.29) is 17.7 Å². The minimum Gasteiger partial charge on any atom is -0.492 e. The van der Waals surface area contributed by atoms with E-state index >= 15 is 0 Å². The second kappa shape index (κ2) is 6.30. The molecule has 7 rings (SSSR count). The first-order valence-electron chi connectivity index (χ1n) is 10.9. The lowest BCUT2D eigenvalue weighted by Crippen LogP contribution is -2.51. The van der Waals surface area contributed by atoms with Gasteiger partial charge in [-0.3, -0.25) is 9.59 Å². The second-order valence-electron chi connectivity index (χ2n) is 8.77. The number of anilines is 1. The predicted octanol–water partition coefficient (Wildman–Crippen LogP) is 4.66. The maximum absolute atomic E-state index is 14.0. The first kappa shape index (κ1) is 18.4. The molecule has 1 heterocycles. The van der Waals surface area contributed by atoms with Crippen LogP contribution >= 0.6 is 0 Å². The van der Waals surface area contributed by atoms with Crippen LogP contribution in [0.2, 0.25) is 0 Å². The van der Waals surface area contributed by atoms with Crippen molar-refractivity contribution >= 4 is 17.5 Å². The van der Waals surface area contributed by atoms with Crippen molar-refractivity contribution in [1.82, 2.24) is 0 Å². The van der Waals surface area contributed by atoms with Crippen molar-refractivity contribution < 1.29 is 14.3 Å². The van der Waals surface area contributed by atoms with Crippen LogP contribution in [0.15, 0.2) is 72.8 Å². The number of hydrogen-bond donors (Lipinski definition) is 0. The monoisotopic (exact) mass is 409 g/mol. The van der Waals surface area contributed by atoms with Crippen LogP contribution in [0.3, 0.4) is 0 Å². The van der Waals surface area contributed by atoms with Crippen molar-refractivity contribution in [3.63, 3.8) is 0 Å². The molecule has 31 heavy (non-hydrogen) atoms. The first-order chi connectivity index (χ1) is 15.1. The quantitative estimate of drug-likeness (QED) is 0.592. The number of carbonyl (C=O) groups excluding carboxylic acids is 2. The molecule has 0 aromatic heterocycles. The molecular formula is C27H23NO3. The van der Waals surface area contributed by atoms with E-state index in [0.717, 1.165) is 0 Å². The summed E-state index contributed by atoms with van der Waals surface area (Å²) in [6.07, 6.45) is 0. The van der Waals surface area contributed by atoms with Crippen molar-refractivity contribution in [3.8, 4) is 5.75 Å². The topological polar surface area (TPSA) is 46.6 Å². The minimum absolute atomic E-state index is 0.111. The lowest BCUT2D eigenvalue weighted by atomic mass is 9.48. The third-order valence-corrected chi connectivity index (χ3v) is 7.45. The highest BCUT2D eigenvalue weighted by Crippen LogP contribution is 2.64. The highest BCUT2D eigenvalue weighted by Gasteiger charge is 2.66. The molecular weight excluding hydrogens is 386 g/mol. The maximum Gasteiger partial charge on any atom is 0.239 e. The van der Waals surface area contributed by atoms with E-state index in [1.807, 2.05) is 55.5 Å². The van der Waals surface area contributed by atoms with Gasteiger partial charge in [-0.05, 0) is 41.3 Å². The van der Waals surface area contributed by atoms with Gasteiger partial charge in [-0.15, -0.1) is 0 Å². The summed E-state index contributed by atoms with van der Waals surface area (Å²) in [4.78, 5) is 29.3. The Labute approximate surface area is 181 Å². The third kappa shape index (κ3) is 2.15. The van der Waals surface area contributed by atoms with Crippen molar-refractivity contribution in [1.29, 1.82) is 0 Å². The van der Waals surface area contributed by atoms with Crippen molar-refractivity contribution in [3.05, 3.63) is 95.1 Å². The van der Waals surface area contributed by atoms with Gasteiger partial charge in [0.1, 0.15) is 5.75 Å². The lowest BCUT2D eigenvalue weighted by Gasteiger charge is -2.52. The zero-order valence-corrected chi connectivity index (χ0v) is 17.5. The van der Waals surface area contributed by atoms with Gasteiger partial charge >= 0.3 is 0 Å². The summed E-state index contributed by atoms with van der Waals surface area (Å²) in [5.41, 5.74) is 4.68. The first-order valence-corrected chi connectivity index (χ1v) is 10.9. The fourth-order valence-electron chi connectivity index (χ4n) is 6.31. The summed E-state index contributed by atoms with van der Waals surface area (Å²) in [5.74, 6) is -0.625. The number of amides is 2. The summed E-state index contributed by atoms with van der Waals surface area (Å²) in [6.45, 7) is 4.51. The summed E-state index contributed by atoms with van der Waals surface area (Å²) in [6, 6.07) is 24.0. The molecule has 154 valence electrons. The van der Waals surface area contributed by atoms with Crippen molar-refractivity contribution in [2.24, 2.45) is 11.8 Å². The molecule has 0 unspecified atom stereocenters. The van der Waals surface area contributed by atoms with Crippen LogP contribution in [0.25, 0.3) is 0 Å². The van der Waals surface area contributed by atoms with E-state index in [1.54, 1.807) is 0 Å². The fraction of sp³-hybridized carbons (Fsp3) is 0.259. The van der Waals surface area contributed by atoms with Crippen LogP contribution in [0, 0.1) is 11.8 Å². The average Bonchev–Trinajstić information content (AvgIpc) is 3.06. The number of ether oxygens (including phenoxy) is 1. The van der Waals surface area contributed by atoms with E-state index in [4.69, 9.17) is 4.74 Å². The minimum atomic E-state index is -0.547. The standard InChI is InChI=1S/C27H23NO3/c1-3-31-21-15-9-8-14-20(21)28-25(29)23-22-16-10-4-6-12-18(16)27(2,24(23)26(28)30)19-13-7-5-11-17(19)22/h4-15,22-24H,3H2,1-2H3/t22?,23-,24-,27?/m1/s1. The fourth-order valence-corrected chi connectivity index (χ4v) is 6.31. The molecule has 1 fully saturated rings. The lowest BCUT2D eigenvalue weighted by molar-refractivity contribution is -0.123. The van der Waals surface area contributed by atoms with Gasteiger partial charge in [0.25, 0.3) is 0 Å². The van der Waals surface area contributed by atoms with E-state index in [1.165, 1.54) is 27.2 Å². The predicted molar refractivity (Wildman–Crippen MR) is 118 cm³/mol. The third-order valence-electron chi connectivity index (χ3n) is 7.45. The van der Waals surface area contributed by atoms with Crippen molar-refractivity contribution in [2.45, 2.75) is 25.2 Å². The Hall–Kier alpha value is -3.40. The summed E-state index contributed by atoms with van der Waals surface area (Å²) in [5, 5.41) is 0. The number of nitrogens with zero attached hydrogens (tertiary/aromatic N) is 1. The van der Waals surface area contributed by atoms with E-state index in [2.05, 4.69) is 31.2 Å². The number of imide groups is 1. The largest absolute Gasteiger partial charge is 0.492 e. The molecule has 0 N–H and O–H groups in total. The summed E-state index contributed by atoms with van der Waals surface area (Å²) in [7, 11) is 0. The van der Waals surface area contributed by atoms with Crippen LogP contribution in [0.1, 0.15) is 42.0 Å². The van der Waals surface area contributed by atoms with Crippen LogP contribution in [0.5, 0.6) is 5.75 Å². The molecule has 4 nitrogen and oxygen atoms in total. The van der Waals surface area contributed by atoms with Gasteiger partial charge < -0.3 is 4.74 Å². The molecule has 2 atom stereocenters. The number of hydrogen-bond acceptors (Lipinski definition) is 3. The highest BCUT2D eigenvalue weighted by molar-refractivity contribution is 6.24. The Bertz CT molecular complexity index is 1200. The maximum atomic E-state index is 14.0. The number of rotatable bonds is 3. The number of benzene rings is 3. The molecule has 0 saturated carbocycles. The van der Waals surface area contributed by atoms with Crippen LogP contribution in [-0.2, 0) is 15.0 Å². The molecule has 1 saturated heterocycles. The molecule has 3 aromatic rings. The van der Waals surface area contributed by atoms with E-state index < -0.39 is 17.3 Å². The molecule has 1 aliphatic heterocycles. The molecule has 0 spiro atoms. The van der Waals surface area contributed by atoms with E-state index in [9.17, 15) is 9.59 Å². The Morgan fingerprint density at radius 3 is 2.06 bits per heavy atom. The molecule has 2 amide bonds. The SMILES string of the molecule is CCOc1ccccc1N1C(=O)[C@@H]2C3c4ccccc4C(C)(c4ccccc43)[C@H]2C1=O. The zero-order chi connectivity index (χ0) is 21.3. The molecule has 0 radical (unpaired) electrons. The van der Waals surface area contributed by atoms with Gasteiger partial charge in [0.2, 0.25) is 11.8 Å². The smallest absolute Gasteiger partial charge is 0.239 e. The van der Waals surface area contributed by atoms with Gasteiger partial charge in [-0.1, -0.05) is 67.6 Å². The number of para-hydroxylation sites is 2. The van der Waals surface area contributed by atoms with Gasteiger partial charge in [-0.2, -0.15) is 0 Å². The second-order valence-corrected chi connectivity index (χ2v) is 8.77.